The molecule has 1 amide bonds. The number of benzene rings is 2. The number of hydrogen-bond acceptors (Lipinski definition) is 5. The summed E-state index contributed by atoms with van der Waals surface area (Å²) in [5.74, 6) is 0.704. The fraction of sp³-hybridized carbons (Fsp3) is 0.360. The molecule has 3 aromatic rings. The number of aromatic nitrogens is 3. The molecule has 2 heterocycles. The molecule has 1 fully saturated rings. The van der Waals surface area contributed by atoms with Crippen LogP contribution in [-0.4, -0.2) is 43.2 Å². The van der Waals surface area contributed by atoms with Gasteiger partial charge in [0.2, 0.25) is 5.91 Å². The van der Waals surface area contributed by atoms with Crippen LogP contribution in [0.1, 0.15) is 42.8 Å². The Morgan fingerprint density at radius 1 is 1.18 bits per heavy atom. The van der Waals surface area contributed by atoms with E-state index in [2.05, 4.69) is 10.1 Å². The van der Waals surface area contributed by atoms with E-state index >= 15 is 0 Å². The number of carboxylic acids is 1. The largest absolute Gasteiger partial charge is 0.481 e. The molecule has 0 aliphatic carbocycles. The van der Waals surface area contributed by atoms with Gasteiger partial charge < -0.3 is 14.7 Å². The molecule has 2 unspecified atom stereocenters. The molecule has 0 radical (unpaired) electrons. The quantitative estimate of drug-likeness (QED) is 0.559. The maximum absolute atomic E-state index is 13.0. The van der Waals surface area contributed by atoms with Gasteiger partial charge in [-0.1, -0.05) is 37.3 Å². The normalized spacial score (nSPS) is 16.5. The summed E-state index contributed by atoms with van der Waals surface area (Å²) in [4.78, 5) is 30.3. The topological polar surface area (TPSA) is 97.6 Å². The first-order valence-electron chi connectivity index (χ1n) is 11.1. The first kappa shape index (κ1) is 22.5. The molecule has 1 N–H and O–H groups in total. The zero-order chi connectivity index (χ0) is 23.4. The van der Waals surface area contributed by atoms with Gasteiger partial charge in [0.1, 0.15) is 17.8 Å². The van der Waals surface area contributed by atoms with Crippen LogP contribution in [0.25, 0.3) is 0 Å². The van der Waals surface area contributed by atoms with Crippen molar-refractivity contribution in [2.75, 3.05) is 6.54 Å². The molecule has 2 atom stereocenters. The minimum Gasteiger partial charge on any atom is -0.481 e. The number of carbonyl (C=O) groups is 2. The van der Waals surface area contributed by atoms with Gasteiger partial charge in [-0.25, -0.2) is 4.98 Å². The number of para-hydroxylation sites is 1. The van der Waals surface area contributed by atoms with Gasteiger partial charge in [-0.3, -0.25) is 14.3 Å². The fourth-order valence-electron chi connectivity index (χ4n) is 3.99. The summed E-state index contributed by atoms with van der Waals surface area (Å²) < 4.78 is 7.48. The number of aliphatic carboxylic acids is 1. The third kappa shape index (κ3) is 5.39. The van der Waals surface area contributed by atoms with Crippen molar-refractivity contribution in [1.29, 1.82) is 0 Å². The van der Waals surface area contributed by atoms with E-state index in [4.69, 9.17) is 9.84 Å². The van der Waals surface area contributed by atoms with E-state index in [9.17, 15) is 9.59 Å². The predicted octanol–water partition coefficient (Wildman–Crippen LogP) is 4.01. The van der Waals surface area contributed by atoms with Crippen LogP contribution in [0, 0.1) is 12.8 Å². The van der Waals surface area contributed by atoms with Crippen LogP contribution >= 0.6 is 0 Å². The summed E-state index contributed by atoms with van der Waals surface area (Å²) >= 11 is 0. The van der Waals surface area contributed by atoms with Crippen LogP contribution in [0.3, 0.4) is 0 Å². The molecule has 2 aromatic carbocycles. The number of nitrogens with zero attached hydrogens (tertiary/aromatic N) is 4. The van der Waals surface area contributed by atoms with E-state index < -0.39 is 11.9 Å². The summed E-state index contributed by atoms with van der Waals surface area (Å²) in [7, 11) is 0. The van der Waals surface area contributed by atoms with Crippen molar-refractivity contribution >= 4 is 11.9 Å². The van der Waals surface area contributed by atoms with E-state index in [-0.39, 0.29) is 24.9 Å². The number of carbonyl (C=O) groups excluding carboxylic acids is 1. The highest BCUT2D eigenvalue weighted by Crippen LogP contribution is 2.31. The SMILES string of the molecule is Cc1ccccc1Oc1ccc(CC(=O)N2CCCC2c2ncn(CC(C)C(=O)O)n2)cc1. The number of ether oxygens (including phenoxy) is 1. The average Bonchev–Trinajstić information content (AvgIpc) is 3.46. The van der Waals surface area contributed by atoms with E-state index in [1.54, 1.807) is 17.9 Å². The van der Waals surface area contributed by atoms with Crippen molar-refractivity contribution < 1.29 is 19.4 Å². The van der Waals surface area contributed by atoms with Crippen LogP contribution in [0.15, 0.2) is 54.9 Å². The smallest absolute Gasteiger partial charge is 0.308 e. The Kier molecular flexibility index (Phi) is 6.72. The molecular formula is C25H28N4O4. The first-order valence-corrected chi connectivity index (χ1v) is 11.1. The fourth-order valence-corrected chi connectivity index (χ4v) is 3.99. The lowest BCUT2D eigenvalue weighted by atomic mass is 10.1. The second-order valence-electron chi connectivity index (χ2n) is 8.50. The maximum Gasteiger partial charge on any atom is 0.308 e. The number of hydrogen-bond donors (Lipinski definition) is 1. The maximum atomic E-state index is 13.0. The first-order chi connectivity index (χ1) is 15.9. The Labute approximate surface area is 192 Å². The Morgan fingerprint density at radius 2 is 1.94 bits per heavy atom. The molecule has 172 valence electrons. The van der Waals surface area contributed by atoms with Gasteiger partial charge >= 0.3 is 5.97 Å². The molecule has 1 aromatic heterocycles. The van der Waals surface area contributed by atoms with Gasteiger partial charge in [0.25, 0.3) is 0 Å². The third-order valence-electron chi connectivity index (χ3n) is 5.91. The van der Waals surface area contributed by atoms with Gasteiger partial charge in [0.15, 0.2) is 5.82 Å². The van der Waals surface area contributed by atoms with Crippen LogP contribution in [0.4, 0.5) is 0 Å². The van der Waals surface area contributed by atoms with Gasteiger partial charge in [0.05, 0.1) is 24.9 Å². The highest BCUT2D eigenvalue weighted by atomic mass is 16.5. The second kappa shape index (κ2) is 9.85. The van der Waals surface area contributed by atoms with Gasteiger partial charge in [0, 0.05) is 6.54 Å². The molecule has 1 aliphatic heterocycles. The monoisotopic (exact) mass is 448 g/mol. The van der Waals surface area contributed by atoms with Crippen molar-refractivity contribution in [3.05, 3.63) is 71.8 Å². The Morgan fingerprint density at radius 3 is 2.67 bits per heavy atom. The Hall–Kier alpha value is -3.68. The summed E-state index contributed by atoms with van der Waals surface area (Å²) in [6.45, 7) is 4.55. The van der Waals surface area contributed by atoms with Crippen LogP contribution in [0.5, 0.6) is 11.5 Å². The summed E-state index contributed by atoms with van der Waals surface area (Å²) in [5.41, 5.74) is 1.97. The molecular weight excluding hydrogens is 420 g/mol. The van der Waals surface area contributed by atoms with Gasteiger partial charge in [-0.05, 0) is 49.1 Å². The van der Waals surface area contributed by atoms with Crippen LogP contribution in [-0.2, 0) is 22.6 Å². The van der Waals surface area contributed by atoms with Crippen molar-refractivity contribution in [2.24, 2.45) is 5.92 Å². The average molecular weight is 449 g/mol. The van der Waals surface area contributed by atoms with Crippen molar-refractivity contribution in [2.45, 2.75) is 45.7 Å². The lowest BCUT2D eigenvalue weighted by Crippen LogP contribution is -2.32. The molecule has 1 saturated heterocycles. The molecule has 0 spiro atoms. The summed E-state index contributed by atoms with van der Waals surface area (Å²) in [6.07, 6.45) is 3.52. The van der Waals surface area contributed by atoms with Crippen molar-refractivity contribution in [1.82, 2.24) is 19.7 Å². The number of rotatable bonds is 8. The summed E-state index contributed by atoms with van der Waals surface area (Å²) in [6, 6.07) is 15.2. The summed E-state index contributed by atoms with van der Waals surface area (Å²) in [5, 5.41) is 13.5. The highest BCUT2D eigenvalue weighted by Gasteiger charge is 2.32. The number of likely N-dealkylation sites (tertiary alicyclic amines) is 1. The van der Waals surface area contributed by atoms with E-state index in [0.29, 0.717) is 12.4 Å². The lowest BCUT2D eigenvalue weighted by molar-refractivity contribution is -0.141. The predicted molar refractivity (Wildman–Crippen MR) is 122 cm³/mol. The molecule has 8 nitrogen and oxygen atoms in total. The van der Waals surface area contributed by atoms with Crippen LogP contribution < -0.4 is 4.74 Å². The zero-order valence-electron chi connectivity index (χ0n) is 18.8. The molecule has 33 heavy (non-hydrogen) atoms. The molecule has 0 saturated carbocycles. The molecule has 0 bridgehead atoms. The minimum absolute atomic E-state index is 0.0281. The standard InChI is InChI=1S/C25H28N4O4/c1-17-6-3-4-8-22(17)33-20-11-9-19(10-12-20)14-23(30)29-13-5-7-21(29)24-26-16-28(27-24)15-18(2)25(31)32/h3-4,6,8-12,16,18,21H,5,7,13-15H2,1-2H3,(H,31,32). The number of amides is 1. The van der Waals surface area contributed by atoms with E-state index in [0.717, 1.165) is 35.5 Å². The molecule has 1 aliphatic rings. The zero-order valence-corrected chi connectivity index (χ0v) is 18.8. The van der Waals surface area contributed by atoms with Gasteiger partial charge in [-0.15, -0.1) is 0 Å². The Bertz CT molecular complexity index is 1130. The van der Waals surface area contributed by atoms with Gasteiger partial charge in [-0.2, -0.15) is 5.10 Å². The second-order valence-corrected chi connectivity index (χ2v) is 8.50. The number of aryl methyl sites for hydroxylation is 1. The minimum atomic E-state index is -0.875. The van der Waals surface area contributed by atoms with Crippen LogP contribution in [0.2, 0.25) is 0 Å². The lowest BCUT2D eigenvalue weighted by Gasteiger charge is -2.22. The van der Waals surface area contributed by atoms with E-state index in [1.807, 2.05) is 60.4 Å². The van der Waals surface area contributed by atoms with Crippen molar-refractivity contribution in [3.63, 3.8) is 0 Å². The Balaban J connectivity index is 1.38. The highest BCUT2D eigenvalue weighted by molar-refractivity contribution is 5.79. The third-order valence-corrected chi connectivity index (χ3v) is 5.91. The molecule has 4 rings (SSSR count). The molecule has 8 heteroatoms. The number of carboxylic acid groups (broad SMARTS) is 1. The van der Waals surface area contributed by atoms with Crippen molar-refractivity contribution in [3.8, 4) is 11.5 Å². The van der Waals surface area contributed by atoms with E-state index in [1.165, 1.54) is 0 Å².